The van der Waals surface area contributed by atoms with Crippen LogP contribution in [0, 0.1) is 0 Å². The predicted molar refractivity (Wildman–Crippen MR) is 74.8 cm³/mol. The standard InChI is InChI=1S/C15H17NO2/c1-3-6-13-14(18-10-17-2)9-11-7-4-5-8-12(11)15(13)16/h3-5,7-9H,1,6,10,16H2,2H3. The van der Waals surface area contributed by atoms with Crippen molar-refractivity contribution in [2.45, 2.75) is 6.42 Å². The topological polar surface area (TPSA) is 44.5 Å². The number of allylic oxidation sites excluding steroid dienone is 1. The fourth-order valence-electron chi connectivity index (χ4n) is 2.00. The highest BCUT2D eigenvalue weighted by molar-refractivity contribution is 5.96. The van der Waals surface area contributed by atoms with Crippen LogP contribution in [0.1, 0.15) is 5.56 Å². The zero-order valence-electron chi connectivity index (χ0n) is 10.5. The van der Waals surface area contributed by atoms with Gasteiger partial charge in [-0.1, -0.05) is 30.3 Å². The van der Waals surface area contributed by atoms with Gasteiger partial charge in [-0.3, -0.25) is 0 Å². The minimum atomic E-state index is 0.210. The Morgan fingerprint density at radius 2 is 2.11 bits per heavy atom. The Bertz CT molecular complexity index is 564. The molecular formula is C15H17NO2. The number of nitrogen functional groups attached to an aromatic ring is 1. The van der Waals surface area contributed by atoms with E-state index < -0.39 is 0 Å². The molecule has 94 valence electrons. The minimum absolute atomic E-state index is 0.210. The minimum Gasteiger partial charge on any atom is -0.467 e. The lowest BCUT2D eigenvalue weighted by molar-refractivity contribution is 0.0507. The molecule has 0 unspecified atom stereocenters. The molecule has 3 nitrogen and oxygen atoms in total. The number of ether oxygens (including phenoxy) is 2. The van der Waals surface area contributed by atoms with Crippen LogP contribution < -0.4 is 10.5 Å². The van der Waals surface area contributed by atoms with E-state index in [9.17, 15) is 0 Å². The first-order valence-corrected chi connectivity index (χ1v) is 5.80. The van der Waals surface area contributed by atoms with Crippen molar-refractivity contribution < 1.29 is 9.47 Å². The van der Waals surface area contributed by atoms with E-state index in [-0.39, 0.29) is 6.79 Å². The van der Waals surface area contributed by atoms with Crippen LogP contribution in [0.25, 0.3) is 10.8 Å². The summed E-state index contributed by atoms with van der Waals surface area (Å²) in [7, 11) is 1.59. The molecule has 0 aliphatic heterocycles. The lowest BCUT2D eigenvalue weighted by atomic mass is 10.0. The molecule has 0 aromatic heterocycles. The smallest absolute Gasteiger partial charge is 0.188 e. The van der Waals surface area contributed by atoms with Gasteiger partial charge in [0.2, 0.25) is 0 Å². The molecule has 0 radical (unpaired) electrons. The molecule has 2 N–H and O–H groups in total. The Balaban J connectivity index is 2.58. The van der Waals surface area contributed by atoms with Crippen LogP contribution in [0.5, 0.6) is 5.75 Å². The summed E-state index contributed by atoms with van der Waals surface area (Å²) >= 11 is 0. The van der Waals surface area contributed by atoms with Crippen molar-refractivity contribution in [1.29, 1.82) is 0 Å². The highest BCUT2D eigenvalue weighted by Gasteiger charge is 2.11. The highest BCUT2D eigenvalue weighted by Crippen LogP contribution is 2.33. The molecule has 0 atom stereocenters. The molecule has 0 saturated carbocycles. The van der Waals surface area contributed by atoms with Crippen LogP contribution in [0.4, 0.5) is 5.69 Å². The van der Waals surface area contributed by atoms with Gasteiger partial charge in [-0.2, -0.15) is 0 Å². The second-order valence-electron chi connectivity index (χ2n) is 4.03. The van der Waals surface area contributed by atoms with E-state index in [1.54, 1.807) is 7.11 Å². The van der Waals surface area contributed by atoms with Crippen LogP contribution in [-0.2, 0) is 11.2 Å². The maximum Gasteiger partial charge on any atom is 0.188 e. The van der Waals surface area contributed by atoms with Crippen molar-refractivity contribution in [2.24, 2.45) is 0 Å². The average Bonchev–Trinajstić information content (AvgIpc) is 2.40. The van der Waals surface area contributed by atoms with Gasteiger partial charge in [-0.15, -0.1) is 6.58 Å². The Morgan fingerprint density at radius 3 is 2.83 bits per heavy atom. The van der Waals surface area contributed by atoms with Crippen molar-refractivity contribution in [3.05, 3.63) is 48.6 Å². The summed E-state index contributed by atoms with van der Waals surface area (Å²) in [5.74, 6) is 0.757. The van der Waals surface area contributed by atoms with E-state index in [2.05, 4.69) is 6.58 Å². The van der Waals surface area contributed by atoms with Crippen molar-refractivity contribution in [3.8, 4) is 5.75 Å². The van der Waals surface area contributed by atoms with Crippen molar-refractivity contribution >= 4 is 16.5 Å². The Hall–Kier alpha value is -2.00. The normalized spacial score (nSPS) is 10.5. The number of hydrogen-bond acceptors (Lipinski definition) is 3. The van der Waals surface area contributed by atoms with E-state index in [1.807, 2.05) is 36.4 Å². The maximum absolute atomic E-state index is 6.21. The lowest BCUT2D eigenvalue weighted by Gasteiger charge is -2.14. The zero-order chi connectivity index (χ0) is 13.0. The summed E-state index contributed by atoms with van der Waals surface area (Å²) in [5.41, 5.74) is 7.92. The first kappa shape index (κ1) is 12.5. The van der Waals surface area contributed by atoms with Crippen LogP contribution in [0.3, 0.4) is 0 Å². The quantitative estimate of drug-likeness (QED) is 0.498. The monoisotopic (exact) mass is 243 g/mol. The van der Waals surface area contributed by atoms with Crippen LogP contribution in [-0.4, -0.2) is 13.9 Å². The van der Waals surface area contributed by atoms with Crippen molar-refractivity contribution in [1.82, 2.24) is 0 Å². The molecule has 0 spiro atoms. The zero-order valence-corrected chi connectivity index (χ0v) is 10.5. The molecule has 0 saturated heterocycles. The van der Waals surface area contributed by atoms with Crippen molar-refractivity contribution in [2.75, 3.05) is 19.6 Å². The molecule has 0 heterocycles. The number of fused-ring (bicyclic) bond motifs is 1. The number of rotatable bonds is 5. The number of benzene rings is 2. The summed E-state index contributed by atoms with van der Waals surface area (Å²) < 4.78 is 10.5. The third-order valence-electron chi connectivity index (χ3n) is 2.84. The van der Waals surface area contributed by atoms with Gasteiger partial charge in [0, 0.05) is 23.7 Å². The number of nitrogens with two attached hydrogens (primary N) is 1. The molecule has 0 bridgehead atoms. The fraction of sp³-hybridized carbons (Fsp3) is 0.200. The van der Waals surface area contributed by atoms with Gasteiger partial charge >= 0.3 is 0 Å². The van der Waals surface area contributed by atoms with E-state index in [0.717, 1.165) is 27.8 Å². The van der Waals surface area contributed by atoms with Crippen LogP contribution in [0.2, 0.25) is 0 Å². The average molecular weight is 243 g/mol. The molecule has 18 heavy (non-hydrogen) atoms. The molecule has 0 aliphatic rings. The third kappa shape index (κ3) is 2.31. The van der Waals surface area contributed by atoms with E-state index in [4.69, 9.17) is 15.2 Å². The Kier molecular flexibility index (Phi) is 3.85. The molecule has 2 rings (SSSR count). The third-order valence-corrected chi connectivity index (χ3v) is 2.84. The molecule has 3 heteroatoms. The Labute approximate surface area is 107 Å². The Morgan fingerprint density at radius 1 is 1.33 bits per heavy atom. The second-order valence-corrected chi connectivity index (χ2v) is 4.03. The molecule has 2 aromatic rings. The maximum atomic E-state index is 6.21. The summed E-state index contributed by atoms with van der Waals surface area (Å²) in [5, 5.41) is 2.10. The first-order chi connectivity index (χ1) is 8.77. The fourth-order valence-corrected chi connectivity index (χ4v) is 2.00. The van der Waals surface area contributed by atoms with Gasteiger partial charge in [-0.05, 0) is 17.9 Å². The number of hydrogen-bond donors (Lipinski definition) is 1. The predicted octanol–water partition coefficient (Wildman–Crippen LogP) is 3.13. The van der Waals surface area contributed by atoms with Crippen LogP contribution >= 0.6 is 0 Å². The number of methoxy groups -OCH3 is 1. The molecule has 2 aromatic carbocycles. The molecule has 0 amide bonds. The van der Waals surface area contributed by atoms with E-state index >= 15 is 0 Å². The number of anilines is 1. The van der Waals surface area contributed by atoms with Crippen LogP contribution in [0.15, 0.2) is 43.0 Å². The molecule has 0 aliphatic carbocycles. The van der Waals surface area contributed by atoms with Gasteiger partial charge in [-0.25, -0.2) is 0 Å². The van der Waals surface area contributed by atoms with E-state index in [1.165, 1.54) is 0 Å². The van der Waals surface area contributed by atoms with Gasteiger partial charge < -0.3 is 15.2 Å². The second kappa shape index (κ2) is 5.56. The largest absolute Gasteiger partial charge is 0.467 e. The highest BCUT2D eigenvalue weighted by atomic mass is 16.7. The molecular weight excluding hydrogens is 226 g/mol. The summed E-state index contributed by atoms with van der Waals surface area (Å²) in [6.07, 6.45) is 2.50. The lowest BCUT2D eigenvalue weighted by Crippen LogP contribution is -2.04. The van der Waals surface area contributed by atoms with Gasteiger partial charge in [0.25, 0.3) is 0 Å². The van der Waals surface area contributed by atoms with Gasteiger partial charge in [0.1, 0.15) is 5.75 Å². The summed E-state index contributed by atoms with van der Waals surface area (Å²) in [6.45, 7) is 3.97. The summed E-state index contributed by atoms with van der Waals surface area (Å²) in [4.78, 5) is 0. The molecule has 0 fully saturated rings. The van der Waals surface area contributed by atoms with E-state index in [0.29, 0.717) is 6.42 Å². The van der Waals surface area contributed by atoms with Gasteiger partial charge in [0.15, 0.2) is 6.79 Å². The summed E-state index contributed by atoms with van der Waals surface area (Å²) in [6, 6.07) is 9.98. The van der Waals surface area contributed by atoms with Gasteiger partial charge in [0.05, 0.1) is 0 Å². The van der Waals surface area contributed by atoms with Crippen molar-refractivity contribution in [3.63, 3.8) is 0 Å². The first-order valence-electron chi connectivity index (χ1n) is 5.80. The SMILES string of the molecule is C=CCc1c(OCOC)cc2ccccc2c1N.